The number of carbonyl (C=O) groups is 1. The topological polar surface area (TPSA) is 86.5 Å². The number of aromatic nitrogens is 1. The van der Waals surface area contributed by atoms with Crippen LogP contribution in [0.3, 0.4) is 0 Å². The zero-order valence-electron chi connectivity index (χ0n) is 10.7. The Morgan fingerprint density at radius 1 is 1.37 bits per heavy atom. The molecule has 104 valence electrons. The summed E-state index contributed by atoms with van der Waals surface area (Å²) in [4.78, 5) is 18.4. The minimum Gasteiger partial charge on any atom is -0.308 e. The number of nitrogen functional groups attached to an aromatic ring is 1. The van der Waals surface area contributed by atoms with Crippen LogP contribution in [0.25, 0.3) is 0 Å². The van der Waals surface area contributed by atoms with Gasteiger partial charge in [-0.1, -0.05) is 11.6 Å². The number of nitrogens with zero attached hydrogens (tertiary/aromatic N) is 3. The zero-order valence-corrected chi connectivity index (χ0v) is 11.4. The van der Waals surface area contributed by atoms with Crippen LogP contribution in [0.15, 0.2) is 12.1 Å². The molecule has 0 bridgehead atoms. The molecular formula is C11H17ClN6O. The van der Waals surface area contributed by atoms with Crippen LogP contribution in [0, 0.1) is 0 Å². The van der Waals surface area contributed by atoms with E-state index in [1.54, 1.807) is 12.1 Å². The minimum atomic E-state index is -0.327. The van der Waals surface area contributed by atoms with Gasteiger partial charge in [-0.25, -0.2) is 15.8 Å². The van der Waals surface area contributed by atoms with Gasteiger partial charge in [0.05, 0.1) is 5.02 Å². The van der Waals surface area contributed by atoms with Crippen molar-refractivity contribution in [2.75, 3.05) is 38.7 Å². The van der Waals surface area contributed by atoms with Crippen LogP contribution in [0.2, 0.25) is 5.02 Å². The summed E-state index contributed by atoms with van der Waals surface area (Å²) < 4.78 is 0. The quantitative estimate of drug-likeness (QED) is 0.531. The summed E-state index contributed by atoms with van der Waals surface area (Å²) >= 11 is 5.97. The van der Waals surface area contributed by atoms with Crippen LogP contribution in [0.4, 0.5) is 5.82 Å². The number of rotatable bonds is 3. The SMILES string of the molecule is CN1CCN(NC(=O)c2nc(NN)ccc2Cl)CC1. The highest BCUT2D eigenvalue weighted by Gasteiger charge is 2.19. The largest absolute Gasteiger partial charge is 0.308 e. The van der Waals surface area contributed by atoms with E-state index in [9.17, 15) is 4.79 Å². The van der Waals surface area contributed by atoms with Gasteiger partial charge < -0.3 is 10.3 Å². The fourth-order valence-electron chi connectivity index (χ4n) is 1.80. The van der Waals surface area contributed by atoms with Crippen molar-refractivity contribution in [1.82, 2.24) is 20.3 Å². The third kappa shape index (κ3) is 3.54. The standard InChI is InChI=1S/C11H17ClN6O/c1-17-4-6-18(7-5-17)16-11(19)10-8(12)2-3-9(14-10)15-13/h2-3H,4-7,13H2,1H3,(H,14,15)(H,16,19). The molecule has 1 aliphatic heterocycles. The highest BCUT2D eigenvalue weighted by Crippen LogP contribution is 2.16. The molecule has 0 atom stereocenters. The van der Waals surface area contributed by atoms with Gasteiger partial charge in [-0.15, -0.1) is 0 Å². The number of carbonyl (C=O) groups excluding carboxylic acids is 1. The van der Waals surface area contributed by atoms with E-state index in [2.05, 4.69) is 20.7 Å². The van der Waals surface area contributed by atoms with Crippen molar-refractivity contribution >= 4 is 23.3 Å². The average Bonchev–Trinajstić information content (AvgIpc) is 2.42. The van der Waals surface area contributed by atoms with E-state index in [1.165, 1.54) is 0 Å². The summed E-state index contributed by atoms with van der Waals surface area (Å²) in [7, 11) is 2.05. The molecule has 1 aromatic rings. The summed E-state index contributed by atoms with van der Waals surface area (Å²) in [5, 5.41) is 2.16. The van der Waals surface area contributed by atoms with Crippen molar-refractivity contribution in [1.29, 1.82) is 0 Å². The van der Waals surface area contributed by atoms with Crippen molar-refractivity contribution in [3.8, 4) is 0 Å². The van der Waals surface area contributed by atoms with Crippen molar-refractivity contribution < 1.29 is 4.79 Å². The molecule has 0 spiro atoms. The third-order valence-electron chi connectivity index (χ3n) is 2.97. The number of halogens is 1. The molecule has 0 aliphatic carbocycles. The van der Waals surface area contributed by atoms with Gasteiger partial charge >= 0.3 is 0 Å². The van der Waals surface area contributed by atoms with E-state index in [0.717, 1.165) is 26.2 Å². The second kappa shape index (κ2) is 6.16. The van der Waals surface area contributed by atoms with E-state index < -0.39 is 0 Å². The molecular weight excluding hydrogens is 268 g/mol. The van der Waals surface area contributed by atoms with E-state index in [-0.39, 0.29) is 11.6 Å². The highest BCUT2D eigenvalue weighted by molar-refractivity contribution is 6.33. The molecule has 19 heavy (non-hydrogen) atoms. The first-order valence-corrected chi connectivity index (χ1v) is 6.35. The Morgan fingerprint density at radius 3 is 2.68 bits per heavy atom. The van der Waals surface area contributed by atoms with E-state index in [1.807, 2.05) is 12.1 Å². The van der Waals surface area contributed by atoms with Crippen molar-refractivity contribution in [3.05, 3.63) is 22.8 Å². The van der Waals surface area contributed by atoms with Gasteiger partial charge in [0.2, 0.25) is 0 Å². The number of hydrogen-bond donors (Lipinski definition) is 3. The van der Waals surface area contributed by atoms with E-state index in [0.29, 0.717) is 10.8 Å². The van der Waals surface area contributed by atoms with Crippen molar-refractivity contribution in [3.63, 3.8) is 0 Å². The number of hydrogen-bond acceptors (Lipinski definition) is 6. The van der Waals surface area contributed by atoms with Crippen LogP contribution < -0.4 is 16.7 Å². The van der Waals surface area contributed by atoms with Crippen LogP contribution in [0.5, 0.6) is 0 Å². The van der Waals surface area contributed by atoms with E-state index >= 15 is 0 Å². The Bertz CT molecular complexity index is 460. The Kier molecular flexibility index (Phi) is 4.54. The normalized spacial score (nSPS) is 17.2. The molecule has 1 aromatic heterocycles. The van der Waals surface area contributed by atoms with Crippen LogP contribution in [-0.4, -0.2) is 54.0 Å². The third-order valence-corrected chi connectivity index (χ3v) is 3.28. The number of amides is 1. The Labute approximate surface area is 116 Å². The first-order chi connectivity index (χ1) is 9.10. The van der Waals surface area contributed by atoms with E-state index in [4.69, 9.17) is 17.4 Å². The molecule has 0 aromatic carbocycles. The lowest BCUT2D eigenvalue weighted by Crippen LogP contribution is -2.52. The Hall–Kier alpha value is -1.41. The molecule has 1 aliphatic rings. The lowest BCUT2D eigenvalue weighted by molar-refractivity contribution is 0.0658. The Morgan fingerprint density at radius 2 is 2.05 bits per heavy atom. The summed E-state index contributed by atoms with van der Waals surface area (Å²) in [6.45, 7) is 3.36. The first kappa shape index (κ1) is 14.0. The van der Waals surface area contributed by atoms with Crippen molar-refractivity contribution in [2.24, 2.45) is 5.84 Å². The van der Waals surface area contributed by atoms with Crippen LogP contribution >= 0.6 is 11.6 Å². The zero-order chi connectivity index (χ0) is 13.8. The summed E-state index contributed by atoms with van der Waals surface area (Å²) in [5.41, 5.74) is 5.35. The Balaban J connectivity index is 2.03. The molecule has 8 heteroatoms. The molecule has 0 radical (unpaired) electrons. The summed E-state index contributed by atoms with van der Waals surface area (Å²) in [6, 6.07) is 3.19. The van der Waals surface area contributed by atoms with Gasteiger partial charge in [-0.2, -0.15) is 0 Å². The molecule has 1 fully saturated rings. The number of nitrogens with two attached hydrogens (primary N) is 1. The molecule has 2 heterocycles. The molecule has 0 unspecified atom stereocenters. The van der Waals surface area contributed by atoms with Gasteiger partial charge in [-0.3, -0.25) is 10.2 Å². The van der Waals surface area contributed by atoms with Crippen molar-refractivity contribution in [2.45, 2.75) is 0 Å². The van der Waals surface area contributed by atoms with Gasteiger partial charge in [-0.05, 0) is 19.2 Å². The summed E-state index contributed by atoms with van der Waals surface area (Å²) in [5.74, 6) is 5.33. The van der Waals surface area contributed by atoms with Crippen LogP contribution in [-0.2, 0) is 0 Å². The van der Waals surface area contributed by atoms with Gasteiger partial charge in [0.1, 0.15) is 5.82 Å². The first-order valence-electron chi connectivity index (χ1n) is 5.98. The lowest BCUT2D eigenvalue weighted by atomic mass is 10.3. The molecule has 4 N–H and O–H groups in total. The van der Waals surface area contributed by atoms with Gasteiger partial charge in [0, 0.05) is 26.2 Å². The van der Waals surface area contributed by atoms with Gasteiger partial charge in [0.15, 0.2) is 5.69 Å². The fraction of sp³-hybridized carbons (Fsp3) is 0.455. The number of pyridine rings is 1. The number of piperazine rings is 1. The molecule has 7 nitrogen and oxygen atoms in total. The number of likely N-dealkylation sites (N-methyl/N-ethyl adjacent to an activating group) is 1. The predicted octanol–water partition coefficient (Wildman–Crippen LogP) is -0.0872. The maximum absolute atomic E-state index is 12.1. The maximum atomic E-state index is 12.1. The number of nitrogens with one attached hydrogen (secondary N) is 2. The number of hydrazine groups is 2. The molecule has 1 saturated heterocycles. The smallest absolute Gasteiger partial charge is 0.285 e. The average molecular weight is 285 g/mol. The second-order valence-corrected chi connectivity index (χ2v) is 4.81. The molecule has 2 rings (SSSR count). The lowest BCUT2D eigenvalue weighted by Gasteiger charge is -2.32. The molecule has 1 amide bonds. The highest BCUT2D eigenvalue weighted by atomic mass is 35.5. The predicted molar refractivity (Wildman–Crippen MR) is 73.6 cm³/mol. The monoisotopic (exact) mass is 284 g/mol. The fourth-order valence-corrected chi connectivity index (χ4v) is 1.99. The van der Waals surface area contributed by atoms with Gasteiger partial charge in [0.25, 0.3) is 5.91 Å². The molecule has 0 saturated carbocycles. The van der Waals surface area contributed by atoms with Crippen LogP contribution in [0.1, 0.15) is 10.5 Å². The second-order valence-electron chi connectivity index (χ2n) is 4.40. The summed E-state index contributed by atoms with van der Waals surface area (Å²) in [6.07, 6.45) is 0. The maximum Gasteiger partial charge on any atom is 0.285 e. The minimum absolute atomic E-state index is 0.163. The number of anilines is 1.